The molecule has 5 heteroatoms. The third kappa shape index (κ3) is 3.38. The van der Waals surface area contributed by atoms with E-state index in [0.717, 1.165) is 11.3 Å². The summed E-state index contributed by atoms with van der Waals surface area (Å²) >= 11 is 0. The first kappa shape index (κ1) is 12.8. The molecule has 0 bridgehead atoms. The summed E-state index contributed by atoms with van der Waals surface area (Å²) in [5.41, 5.74) is 2.14. The van der Waals surface area contributed by atoms with Crippen molar-refractivity contribution in [2.45, 2.75) is 0 Å². The molecule has 0 aliphatic rings. The van der Waals surface area contributed by atoms with E-state index in [9.17, 15) is 9.59 Å². The molecular weight excluding hydrogens is 247 g/mol. The summed E-state index contributed by atoms with van der Waals surface area (Å²) in [5.74, 6) is -1.48. The van der Waals surface area contributed by atoms with Crippen molar-refractivity contribution in [3.8, 4) is 11.3 Å². The minimum atomic E-state index is -1.07. The highest BCUT2D eigenvalue weighted by Crippen LogP contribution is 2.16. The summed E-state index contributed by atoms with van der Waals surface area (Å²) < 4.78 is 0. The molecule has 96 valence electrons. The van der Waals surface area contributed by atoms with Crippen molar-refractivity contribution in [2.24, 2.45) is 0 Å². The monoisotopic (exact) mass is 259 g/mol. The molecule has 0 spiro atoms. The van der Waals surface area contributed by atoms with Crippen molar-refractivity contribution in [3.05, 3.63) is 54.2 Å². The number of carbonyl (C=O) groups excluding carboxylic acids is 1. The smallest absolute Gasteiger partial charge is 0.322 e. The Morgan fingerprint density at radius 3 is 2.42 bits per heavy atom. The number of rotatable bonds is 4. The van der Waals surface area contributed by atoms with Crippen LogP contribution in [0.4, 0.5) is 0 Å². The van der Waals surface area contributed by atoms with Gasteiger partial charge >= 0.3 is 5.97 Å². The molecule has 0 unspecified atom stereocenters. The van der Waals surface area contributed by atoms with Crippen LogP contribution in [0.1, 0.15) is 10.4 Å². The summed E-state index contributed by atoms with van der Waals surface area (Å²) in [6, 6.07) is 12.4. The van der Waals surface area contributed by atoms with Crippen molar-refractivity contribution >= 4 is 11.9 Å². The Bertz CT molecular complexity index is 579. The number of nitrogens with one attached hydrogen (secondary N) is 1. The van der Waals surface area contributed by atoms with Gasteiger partial charge in [-0.2, -0.15) is 0 Å². The maximum absolute atomic E-state index is 11.6. The molecule has 5 nitrogen and oxygen atoms in total. The maximum atomic E-state index is 11.6. The number of nitrogens with zero attached hydrogens (tertiary/aromatic N) is 1. The van der Waals surface area contributed by atoms with Crippen molar-refractivity contribution < 1.29 is 14.7 Å². The van der Waals surface area contributed by atoms with Crippen molar-refractivity contribution in [1.82, 2.24) is 10.3 Å². The van der Waals surface area contributed by atoms with Gasteiger partial charge < -0.3 is 10.4 Å². The number of carboxylic acid groups (broad SMARTS) is 1. The van der Waals surface area contributed by atoms with E-state index < -0.39 is 11.9 Å². The second-order valence-electron chi connectivity index (χ2n) is 3.87. The van der Waals surface area contributed by atoms with Crippen LogP contribution in [-0.4, -0.2) is 28.5 Å². The Labute approximate surface area is 109 Å². The molecule has 0 aliphatic heterocycles. The van der Waals surface area contributed by atoms with Crippen LogP contribution < -0.4 is 5.32 Å². The van der Waals surface area contributed by atoms with E-state index in [1.165, 1.54) is 0 Å². The van der Waals surface area contributed by atoms with Crippen LogP contribution in [0.5, 0.6) is 0 Å². The van der Waals surface area contributed by atoms with E-state index in [2.05, 4.69) is 10.3 Å². The third-order valence-corrected chi connectivity index (χ3v) is 2.51. The first-order valence-corrected chi connectivity index (χ1v) is 5.68. The third-order valence-electron chi connectivity index (χ3n) is 2.51. The Balaban J connectivity index is 2.10. The number of benzene rings is 1. The summed E-state index contributed by atoms with van der Waals surface area (Å²) in [6.45, 7) is -0.388. The molecule has 2 N–H and O–H groups in total. The van der Waals surface area contributed by atoms with Crippen LogP contribution in [0.25, 0.3) is 11.3 Å². The molecule has 2 aromatic rings. The summed E-state index contributed by atoms with van der Waals surface area (Å²) in [4.78, 5) is 26.2. The molecule has 0 saturated heterocycles. The molecule has 0 radical (unpaired) electrons. The van der Waals surface area contributed by atoms with Gasteiger partial charge in [-0.05, 0) is 24.3 Å². The van der Waals surface area contributed by atoms with Gasteiger partial charge in [-0.3, -0.25) is 14.6 Å². The Morgan fingerprint density at radius 1 is 1.11 bits per heavy atom. The average Bonchev–Trinajstić information content (AvgIpc) is 2.46. The minimum Gasteiger partial charge on any atom is -0.480 e. The van der Waals surface area contributed by atoms with Gasteiger partial charge in [-0.25, -0.2) is 0 Å². The second-order valence-corrected chi connectivity index (χ2v) is 3.87. The highest BCUT2D eigenvalue weighted by atomic mass is 16.5. The number of hydrogen-bond acceptors (Lipinski definition) is 3. The Morgan fingerprint density at radius 2 is 1.84 bits per heavy atom. The Kier molecular flexibility index (Phi) is 3.87. The molecular formula is C14H12N2O3. The number of aliphatic carboxylic acids is 1. The van der Waals surface area contributed by atoms with Crippen LogP contribution in [0.2, 0.25) is 0 Å². The largest absolute Gasteiger partial charge is 0.480 e. The molecule has 1 aromatic heterocycles. The van der Waals surface area contributed by atoms with Gasteiger partial charge in [0.1, 0.15) is 6.54 Å². The van der Waals surface area contributed by atoms with E-state index in [1.807, 2.05) is 18.2 Å². The summed E-state index contributed by atoms with van der Waals surface area (Å²) in [6.07, 6.45) is 1.70. The molecule has 1 heterocycles. The number of carboxylic acids is 1. The van der Waals surface area contributed by atoms with Gasteiger partial charge in [-0.1, -0.05) is 18.2 Å². The lowest BCUT2D eigenvalue weighted by Crippen LogP contribution is -2.29. The van der Waals surface area contributed by atoms with Crippen LogP contribution in [0, 0.1) is 0 Å². The van der Waals surface area contributed by atoms with Gasteiger partial charge in [0, 0.05) is 17.3 Å². The standard InChI is InChI=1S/C14H12N2O3/c17-13(18)9-16-14(19)11-6-4-10(5-7-11)12-3-1-2-8-15-12/h1-8H,9H2,(H,16,19)(H,17,18)/i9+1,13+1,16+1. The molecule has 0 atom stereocenters. The molecule has 0 aliphatic carbocycles. The fraction of sp³-hybridized carbons (Fsp3) is 0.0714. The van der Waals surface area contributed by atoms with E-state index in [0.29, 0.717) is 5.56 Å². The number of amides is 1. The normalized spacial score (nSPS) is 9.89. The minimum absolute atomic E-state index is 0.388. The second kappa shape index (κ2) is 5.77. The zero-order valence-corrected chi connectivity index (χ0v) is 10.0. The zero-order valence-electron chi connectivity index (χ0n) is 10.0. The predicted molar refractivity (Wildman–Crippen MR) is 69.6 cm³/mol. The van der Waals surface area contributed by atoms with E-state index in [-0.39, 0.29) is 6.54 Å². The van der Waals surface area contributed by atoms with Crippen LogP contribution in [-0.2, 0) is 4.79 Å². The maximum Gasteiger partial charge on any atom is 0.322 e. The fourth-order valence-corrected chi connectivity index (χ4v) is 1.58. The molecule has 0 fully saturated rings. The van der Waals surface area contributed by atoms with Crippen LogP contribution in [0.15, 0.2) is 48.7 Å². The van der Waals surface area contributed by atoms with E-state index in [1.54, 1.807) is 30.5 Å². The topological polar surface area (TPSA) is 79.3 Å². The SMILES string of the molecule is O=C([15NH][13CH2][13C](=O)O)c1ccc(-c2ccccn2)cc1. The number of hydrogen-bond donors (Lipinski definition) is 2. The highest BCUT2D eigenvalue weighted by molar-refractivity contribution is 5.96. The zero-order chi connectivity index (χ0) is 13.7. The first-order valence-electron chi connectivity index (χ1n) is 5.68. The van der Waals surface area contributed by atoms with Gasteiger partial charge in [-0.15, -0.1) is 0 Å². The van der Waals surface area contributed by atoms with E-state index in [4.69, 9.17) is 5.11 Å². The van der Waals surface area contributed by atoms with Gasteiger partial charge in [0.25, 0.3) is 5.91 Å². The van der Waals surface area contributed by atoms with Gasteiger partial charge in [0.2, 0.25) is 0 Å². The number of aromatic nitrogens is 1. The van der Waals surface area contributed by atoms with Crippen LogP contribution in [0.3, 0.4) is 0 Å². The molecule has 19 heavy (non-hydrogen) atoms. The first-order chi connectivity index (χ1) is 9.16. The Hall–Kier alpha value is -2.69. The molecule has 1 amide bonds. The lowest BCUT2D eigenvalue weighted by molar-refractivity contribution is -0.135. The molecule has 0 saturated carbocycles. The van der Waals surface area contributed by atoms with Gasteiger partial charge in [0.15, 0.2) is 0 Å². The molecule has 2 rings (SSSR count). The quantitative estimate of drug-likeness (QED) is 0.645. The predicted octanol–water partition coefficient (Wildman–Crippen LogP) is 1.56. The van der Waals surface area contributed by atoms with Crippen molar-refractivity contribution in [3.63, 3.8) is 0 Å². The fourth-order valence-electron chi connectivity index (χ4n) is 1.58. The van der Waals surface area contributed by atoms with E-state index >= 15 is 0 Å². The van der Waals surface area contributed by atoms with Crippen molar-refractivity contribution in [1.29, 1.82) is 0 Å². The number of carbonyl (C=O) groups is 2. The lowest BCUT2D eigenvalue weighted by Gasteiger charge is -2.04. The van der Waals surface area contributed by atoms with Crippen LogP contribution >= 0.6 is 0 Å². The summed E-state index contributed by atoms with van der Waals surface area (Å²) in [5, 5.41) is 10.8. The molecule has 1 aromatic carbocycles. The van der Waals surface area contributed by atoms with Gasteiger partial charge in [0.05, 0.1) is 5.69 Å². The summed E-state index contributed by atoms with van der Waals surface area (Å²) in [7, 11) is 0. The highest BCUT2D eigenvalue weighted by Gasteiger charge is 2.07. The number of pyridine rings is 1. The lowest BCUT2D eigenvalue weighted by atomic mass is 10.1. The average molecular weight is 259 g/mol. The van der Waals surface area contributed by atoms with Crippen molar-refractivity contribution in [2.75, 3.05) is 6.54 Å².